The molecule has 0 bridgehead atoms. The van der Waals surface area contributed by atoms with Crippen LogP contribution in [0.4, 0.5) is 0 Å². The molecule has 0 amide bonds. The van der Waals surface area contributed by atoms with Gasteiger partial charge in [-0.15, -0.1) is 0 Å². The van der Waals surface area contributed by atoms with E-state index < -0.39 is 0 Å². The second kappa shape index (κ2) is 5.02. The van der Waals surface area contributed by atoms with Crippen LogP contribution in [0.3, 0.4) is 0 Å². The number of rotatable bonds is 2. The number of halogens is 2. The molecule has 1 aromatic rings. The maximum atomic E-state index is 5.23. The van der Waals surface area contributed by atoms with Crippen LogP contribution in [-0.2, 0) is 6.54 Å². The Labute approximate surface area is 107 Å². The summed E-state index contributed by atoms with van der Waals surface area (Å²) in [6, 6.07) is 2.04. The summed E-state index contributed by atoms with van der Waals surface area (Å²) in [6.07, 6.45) is 3.10. The lowest BCUT2D eigenvalue weighted by Gasteiger charge is -2.33. The SMILES string of the molecule is CC1CCN(Cc2coc(Br)c2)CC1Br. The Balaban J connectivity index is 1.90. The summed E-state index contributed by atoms with van der Waals surface area (Å²) in [4.78, 5) is 3.10. The van der Waals surface area contributed by atoms with Crippen LogP contribution in [0.2, 0.25) is 0 Å². The molecule has 0 saturated carbocycles. The van der Waals surface area contributed by atoms with E-state index in [1.807, 2.05) is 12.3 Å². The van der Waals surface area contributed by atoms with Crippen molar-refractivity contribution in [1.82, 2.24) is 4.90 Å². The minimum atomic E-state index is 0.626. The Morgan fingerprint density at radius 3 is 3.00 bits per heavy atom. The van der Waals surface area contributed by atoms with E-state index in [1.54, 1.807) is 0 Å². The lowest BCUT2D eigenvalue weighted by atomic mass is 9.99. The summed E-state index contributed by atoms with van der Waals surface area (Å²) in [5.74, 6) is 0.789. The highest BCUT2D eigenvalue weighted by molar-refractivity contribution is 9.10. The third-order valence-corrected chi connectivity index (χ3v) is 4.59. The second-order valence-corrected chi connectivity index (χ2v) is 6.23. The zero-order chi connectivity index (χ0) is 10.8. The standard InChI is InChI=1S/C11H15Br2NO/c1-8-2-3-14(6-10(8)12)5-9-4-11(13)15-7-9/h4,7-8,10H,2-3,5-6H2,1H3. The first-order valence-corrected chi connectivity index (χ1v) is 6.95. The normalized spacial score (nSPS) is 28.2. The molecule has 2 atom stereocenters. The molecular weight excluding hydrogens is 322 g/mol. The van der Waals surface area contributed by atoms with Gasteiger partial charge in [-0.1, -0.05) is 22.9 Å². The maximum Gasteiger partial charge on any atom is 0.169 e. The monoisotopic (exact) mass is 335 g/mol. The third kappa shape index (κ3) is 3.08. The van der Waals surface area contributed by atoms with Crippen LogP contribution in [0.5, 0.6) is 0 Å². The number of hydrogen-bond donors (Lipinski definition) is 0. The van der Waals surface area contributed by atoms with E-state index in [0.29, 0.717) is 4.83 Å². The fourth-order valence-electron chi connectivity index (χ4n) is 1.92. The van der Waals surface area contributed by atoms with E-state index in [-0.39, 0.29) is 0 Å². The van der Waals surface area contributed by atoms with E-state index >= 15 is 0 Å². The average molecular weight is 337 g/mol. The summed E-state index contributed by atoms with van der Waals surface area (Å²) in [7, 11) is 0. The highest BCUT2D eigenvalue weighted by atomic mass is 79.9. The maximum absolute atomic E-state index is 5.23. The number of alkyl halides is 1. The van der Waals surface area contributed by atoms with Crippen molar-refractivity contribution < 1.29 is 4.42 Å². The highest BCUT2D eigenvalue weighted by Crippen LogP contribution is 2.25. The first-order chi connectivity index (χ1) is 7.15. The molecular formula is C11H15Br2NO. The summed E-state index contributed by atoms with van der Waals surface area (Å²) in [6.45, 7) is 5.62. The molecule has 1 aromatic heterocycles. The van der Waals surface area contributed by atoms with Crippen molar-refractivity contribution >= 4 is 31.9 Å². The molecule has 0 aliphatic carbocycles. The Kier molecular flexibility index (Phi) is 3.91. The van der Waals surface area contributed by atoms with Crippen molar-refractivity contribution in [3.8, 4) is 0 Å². The number of hydrogen-bond acceptors (Lipinski definition) is 2. The van der Waals surface area contributed by atoms with Crippen LogP contribution in [0.25, 0.3) is 0 Å². The lowest BCUT2D eigenvalue weighted by Crippen LogP contribution is -2.39. The van der Waals surface area contributed by atoms with Gasteiger partial charge >= 0.3 is 0 Å². The van der Waals surface area contributed by atoms with Gasteiger partial charge < -0.3 is 4.42 Å². The topological polar surface area (TPSA) is 16.4 Å². The minimum Gasteiger partial charge on any atom is -0.457 e. The zero-order valence-corrected chi connectivity index (χ0v) is 11.9. The molecule has 1 aliphatic heterocycles. The fourth-order valence-corrected chi connectivity index (χ4v) is 2.98. The molecule has 1 saturated heterocycles. The van der Waals surface area contributed by atoms with Crippen molar-refractivity contribution in [2.75, 3.05) is 13.1 Å². The average Bonchev–Trinajstić information content (AvgIpc) is 2.58. The predicted molar refractivity (Wildman–Crippen MR) is 68.2 cm³/mol. The van der Waals surface area contributed by atoms with Gasteiger partial charge in [-0.3, -0.25) is 4.90 Å². The molecule has 1 aliphatic rings. The second-order valence-electron chi connectivity index (χ2n) is 4.28. The van der Waals surface area contributed by atoms with Crippen molar-refractivity contribution in [1.29, 1.82) is 0 Å². The van der Waals surface area contributed by atoms with Gasteiger partial charge in [0.05, 0.1) is 6.26 Å². The molecule has 0 radical (unpaired) electrons. The van der Waals surface area contributed by atoms with Gasteiger partial charge in [-0.2, -0.15) is 0 Å². The smallest absolute Gasteiger partial charge is 0.169 e. The first-order valence-electron chi connectivity index (χ1n) is 5.24. The first kappa shape index (κ1) is 11.7. The van der Waals surface area contributed by atoms with E-state index in [4.69, 9.17) is 4.42 Å². The predicted octanol–water partition coefficient (Wildman–Crippen LogP) is 3.65. The molecule has 2 rings (SSSR count). The Morgan fingerprint density at radius 2 is 2.40 bits per heavy atom. The van der Waals surface area contributed by atoms with E-state index in [1.165, 1.54) is 18.5 Å². The molecule has 2 unspecified atom stereocenters. The molecule has 0 aromatic carbocycles. The van der Waals surface area contributed by atoms with Crippen LogP contribution >= 0.6 is 31.9 Å². The van der Waals surface area contributed by atoms with Crippen LogP contribution in [0.15, 0.2) is 21.4 Å². The van der Waals surface area contributed by atoms with Crippen LogP contribution in [-0.4, -0.2) is 22.8 Å². The third-order valence-electron chi connectivity index (χ3n) is 2.98. The summed E-state index contributed by atoms with van der Waals surface area (Å²) >= 11 is 7.06. The summed E-state index contributed by atoms with van der Waals surface area (Å²) < 4.78 is 6.05. The Morgan fingerprint density at radius 1 is 1.60 bits per heavy atom. The summed E-state index contributed by atoms with van der Waals surface area (Å²) in [5, 5.41) is 0. The summed E-state index contributed by atoms with van der Waals surface area (Å²) in [5.41, 5.74) is 1.25. The van der Waals surface area contributed by atoms with Crippen molar-refractivity contribution in [2.24, 2.45) is 5.92 Å². The number of likely N-dealkylation sites (tertiary alicyclic amines) is 1. The largest absolute Gasteiger partial charge is 0.457 e. The molecule has 0 N–H and O–H groups in total. The van der Waals surface area contributed by atoms with E-state index in [9.17, 15) is 0 Å². The molecule has 84 valence electrons. The molecule has 2 heterocycles. The number of furan rings is 1. The van der Waals surface area contributed by atoms with Gasteiger partial charge in [0.15, 0.2) is 4.67 Å². The van der Waals surface area contributed by atoms with Crippen molar-refractivity contribution in [3.63, 3.8) is 0 Å². The number of nitrogens with zero attached hydrogens (tertiary/aromatic N) is 1. The van der Waals surface area contributed by atoms with E-state index in [0.717, 1.165) is 23.7 Å². The molecule has 0 spiro atoms. The Bertz CT molecular complexity index is 326. The molecule has 15 heavy (non-hydrogen) atoms. The fraction of sp³-hybridized carbons (Fsp3) is 0.636. The van der Waals surface area contributed by atoms with Gasteiger partial charge in [-0.05, 0) is 40.9 Å². The van der Waals surface area contributed by atoms with Gasteiger partial charge in [0.25, 0.3) is 0 Å². The molecule has 4 heteroatoms. The van der Waals surface area contributed by atoms with Gasteiger partial charge in [0, 0.05) is 23.5 Å². The lowest BCUT2D eigenvalue weighted by molar-refractivity contribution is 0.193. The van der Waals surface area contributed by atoms with Gasteiger partial charge in [-0.25, -0.2) is 0 Å². The van der Waals surface area contributed by atoms with Gasteiger partial charge in [0.1, 0.15) is 0 Å². The van der Waals surface area contributed by atoms with Gasteiger partial charge in [0.2, 0.25) is 0 Å². The van der Waals surface area contributed by atoms with Crippen LogP contribution < -0.4 is 0 Å². The van der Waals surface area contributed by atoms with Crippen molar-refractivity contribution in [3.05, 3.63) is 22.6 Å². The highest BCUT2D eigenvalue weighted by Gasteiger charge is 2.23. The van der Waals surface area contributed by atoms with Crippen LogP contribution in [0, 0.1) is 5.92 Å². The van der Waals surface area contributed by atoms with E-state index in [2.05, 4.69) is 43.7 Å². The molecule has 2 nitrogen and oxygen atoms in total. The number of piperidine rings is 1. The molecule has 1 fully saturated rings. The Hall–Kier alpha value is 0.200. The minimum absolute atomic E-state index is 0.626. The van der Waals surface area contributed by atoms with Crippen molar-refractivity contribution in [2.45, 2.75) is 24.7 Å². The van der Waals surface area contributed by atoms with Crippen LogP contribution in [0.1, 0.15) is 18.9 Å². The quantitative estimate of drug-likeness (QED) is 0.766. The zero-order valence-electron chi connectivity index (χ0n) is 8.75.